The summed E-state index contributed by atoms with van der Waals surface area (Å²) in [5, 5.41) is 0. The molecule has 1 aliphatic heterocycles. The van der Waals surface area contributed by atoms with Crippen LogP contribution in [0.2, 0.25) is 0 Å². The molecule has 2 rings (SSSR count). The van der Waals surface area contributed by atoms with Crippen LogP contribution in [0.4, 0.5) is 4.79 Å². The van der Waals surface area contributed by atoms with E-state index in [4.69, 9.17) is 0 Å². The van der Waals surface area contributed by atoms with Gasteiger partial charge in [0.25, 0.3) is 0 Å². The second-order valence-corrected chi connectivity index (χ2v) is 8.37. The van der Waals surface area contributed by atoms with Crippen LogP contribution in [-0.4, -0.2) is 61.4 Å². The highest BCUT2D eigenvalue weighted by Gasteiger charge is 2.47. The predicted octanol–water partition coefficient (Wildman–Crippen LogP) is 2.05. The molecular formula is C16H25N3O3S. The minimum Gasteiger partial charge on any atom is -0.331 e. The molecule has 128 valence electrons. The van der Waals surface area contributed by atoms with Crippen molar-refractivity contribution in [3.05, 3.63) is 30.3 Å². The summed E-state index contributed by atoms with van der Waals surface area (Å²) in [5.74, 6) is -0.0117. The Labute approximate surface area is 138 Å². The number of nitrogens with zero attached hydrogens (tertiary/aromatic N) is 3. The average molecular weight is 339 g/mol. The summed E-state index contributed by atoms with van der Waals surface area (Å²) in [7, 11) is -0.274. The van der Waals surface area contributed by atoms with Gasteiger partial charge in [-0.3, -0.25) is 0 Å². The summed E-state index contributed by atoms with van der Waals surface area (Å²) < 4.78 is 27.5. The van der Waals surface area contributed by atoms with E-state index in [9.17, 15) is 13.2 Å². The molecule has 0 radical (unpaired) electrons. The number of urea groups is 1. The molecule has 6 nitrogen and oxygen atoms in total. The minimum atomic E-state index is -3.64. The third-order valence-electron chi connectivity index (χ3n) is 4.05. The Kier molecular flexibility index (Phi) is 5.01. The van der Waals surface area contributed by atoms with Crippen molar-refractivity contribution in [2.24, 2.45) is 5.92 Å². The number of carbonyl (C=O) groups excluding carboxylic acids is 1. The number of sulfonamides is 1. The zero-order chi connectivity index (χ0) is 17.4. The highest BCUT2D eigenvalue weighted by molar-refractivity contribution is 7.89. The highest BCUT2D eigenvalue weighted by Crippen LogP contribution is 2.32. The Morgan fingerprint density at radius 3 is 2.26 bits per heavy atom. The second kappa shape index (κ2) is 6.49. The Bertz CT molecular complexity index is 658. The third-order valence-corrected chi connectivity index (χ3v) is 5.90. The van der Waals surface area contributed by atoms with E-state index in [2.05, 4.69) is 0 Å². The quantitative estimate of drug-likeness (QED) is 0.847. The maximum atomic E-state index is 13.0. The van der Waals surface area contributed by atoms with Crippen LogP contribution < -0.4 is 0 Å². The van der Waals surface area contributed by atoms with Crippen molar-refractivity contribution in [1.82, 2.24) is 14.1 Å². The van der Waals surface area contributed by atoms with Crippen LogP contribution in [0, 0.1) is 5.92 Å². The first kappa shape index (κ1) is 17.7. The van der Waals surface area contributed by atoms with Crippen LogP contribution in [0.1, 0.15) is 20.8 Å². The smallest absolute Gasteiger partial charge is 0.321 e. The van der Waals surface area contributed by atoms with Gasteiger partial charge in [0.1, 0.15) is 6.17 Å². The van der Waals surface area contributed by atoms with Crippen molar-refractivity contribution < 1.29 is 13.2 Å². The third kappa shape index (κ3) is 3.21. The first-order chi connectivity index (χ1) is 10.7. The van der Waals surface area contributed by atoms with Gasteiger partial charge in [-0.2, -0.15) is 4.31 Å². The molecule has 2 amide bonds. The van der Waals surface area contributed by atoms with Crippen molar-refractivity contribution in [1.29, 1.82) is 0 Å². The first-order valence-electron chi connectivity index (χ1n) is 7.74. The molecule has 0 spiro atoms. The van der Waals surface area contributed by atoms with Crippen LogP contribution in [0.3, 0.4) is 0 Å². The van der Waals surface area contributed by atoms with Crippen LogP contribution in [0.5, 0.6) is 0 Å². The van der Waals surface area contributed by atoms with Crippen LogP contribution >= 0.6 is 0 Å². The Hall–Kier alpha value is -1.60. The summed E-state index contributed by atoms with van der Waals surface area (Å²) in [5.41, 5.74) is 0. The molecule has 1 fully saturated rings. The van der Waals surface area contributed by atoms with Gasteiger partial charge < -0.3 is 9.80 Å². The Balaban J connectivity index is 2.45. The summed E-state index contributed by atoms with van der Waals surface area (Å²) in [6.45, 7) is 6.06. The van der Waals surface area contributed by atoms with Gasteiger partial charge in [0.05, 0.1) is 4.90 Å². The van der Waals surface area contributed by atoms with Crippen LogP contribution in [0.15, 0.2) is 35.2 Å². The molecule has 0 saturated carbocycles. The zero-order valence-electron chi connectivity index (χ0n) is 14.3. The largest absolute Gasteiger partial charge is 0.331 e. The normalized spacial score (nSPS) is 22.6. The molecule has 1 aromatic rings. The maximum absolute atomic E-state index is 13.0. The molecule has 0 bridgehead atoms. The van der Waals surface area contributed by atoms with Crippen molar-refractivity contribution in [3.8, 4) is 0 Å². The predicted molar refractivity (Wildman–Crippen MR) is 89.3 cm³/mol. The molecule has 0 unspecified atom stereocenters. The lowest BCUT2D eigenvalue weighted by Gasteiger charge is -2.35. The number of hydrogen-bond acceptors (Lipinski definition) is 3. The standard InChI is InChI=1S/C16H25N3O3S/c1-12(2)15-18(11-13(3)19(15)16(20)17(4)5)23(21,22)14-9-7-6-8-10-14/h6-10,12-13,15H,11H2,1-5H3/t13-,15+/m0/s1. The van der Waals surface area contributed by atoms with E-state index in [-0.39, 0.29) is 22.9 Å². The van der Waals surface area contributed by atoms with Gasteiger partial charge in [0, 0.05) is 26.7 Å². The van der Waals surface area contributed by atoms with Gasteiger partial charge in [-0.1, -0.05) is 32.0 Å². The zero-order valence-corrected chi connectivity index (χ0v) is 15.1. The summed E-state index contributed by atoms with van der Waals surface area (Å²) in [6.07, 6.45) is -0.481. The van der Waals surface area contributed by atoms with E-state index < -0.39 is 16.2 Å². The number of benzene rings is 1. The molecule has 23 heavy (non-hydrogen) atoms. The van der Waals surface area contributed by atoms with Gasteiger partial charge in [-0.25, -0.2) is 13.2 Å². The first-order valence-corrected chi connectivity index (χ1v) is 9.18. The summed E-state index contributed by atoms with van der Waals surface area (Å²) >= 11 is 0. The van der Waals surface area contributed by atoms with E-state index in [1.165, 1.54) is 9.21 Å². The van der Waals surface area contributed by atoms with Crippen molar-refractivity contribution in [3.63, 3.8) is 0 Å². The molecule has 2 atom stereocenters. The molecule has 1 aromatic carbocycles. The summed E-state index contributed by atoms with van der Waals surface area (Å²) in [4.78, 5) is 15.9. The van der Waals surface area contributed by atoms with E-state index in [1.807, 2.05) is 20.8 Å². The van der Waals surface area contributed by atoms with Gasteiger partial charge in [0.2, 0.25) is 10.0 Å². The fraction of sp³-hybridized carbons (Fsp3) is 0.562. The number of hydrogen-bond donors (Lipinski definition) is 0. The fourth-order valence-electron chi connectivity index (χ4n) is 3.01. The highest BCUT2D eigenvalue weighted by atomic mass is 32.2. The second-order valence-electron chi connectivity index (χ2n) is 6.48. The fourth-order valence-corrected chi connectivity index (χ4v) is 4.82. The average Bonchev–Trinajstić information content (AvgIpc) is 2.85. The molecule has 0 N–H and O–H groups in total. The Morgan fingerprint density at radius 1 is 1.22 bits per heavy atom. The SMILES string of the molecule is CC(C)[C@H]1N(C(=O)N(C)C)[C@@H](C)CN1S(=O)(=O)c1ccccc1. The molecule has 1 saturated heterocycles. The Morgan fingerprint density at radius 2 is 1.78 bits per heavy atom. The molecule has 0 aliphatic carbocycles. The molecule has 7 heteroatoms. The lowest BCUT2D eigenvalue weighted by atomic mass is 10.1. The van der Waals surface area contributed by atoms with E-state index in [0.717, 1.165) is 0 Å². The van der Waals surface area contributed by atoms with Gasteiger partial charge >= 0.3 is 6.03 Å². The van der Waals surface area contributed by atoms with Gasteiger partial charge in [-0.05, 0) is 25.0 Å². The minimum absolute atomic E-state index is 0.0117. The van der Waals surface area contributed by atoms with E-state index >= 15 is 0 Å². The topological polar surface area (TPSA) is 60.9 Å². The maximum Gasteiger partial charge on any atom is 0.321 e. The van der Waals surface area contributed by atoms with Gasteiger partial charge in [0.15, 0.2) is 0 Å². The summed E-state index contributed by atoms with van der Waals surface area (Å²) in [6, 6.07) is 8.05. The van der Waals surface area contributed by atoms with Crippen molar-refractivity contribution in [2.75, 3.05) is 20.6 Å². The lowest BCUT2D eigenvalue weighted by Crippen LogP contribution is -2.51. The number of amides is 2. The van der Waals surface area contributed by atoms with E-state index in [0.29, 0.717) is 6.54 Å². The molecular weight excluding hydrogens is 314 g/mol. The number of rotatable bonds is 3. The van der Waals surface area contributed by atoms with E-state index in [1.54, 1.807) is 49.3 Å². The van der Waals surface area contributed by atoms with Crippen molar-refractivity contribution in [2.45, 2.75) is 37.9 Å². The molecule has 0 aromatic heterocycles. The van der Waals surface area contributed by atoms with Crippen LogP contribution in [-0.2, 0) is 10.0 Å². The lowest BCUT2D eigenvalue weighted by molar-refractivity contribution is 0.116. The molecule has 1 heterocycles. The number of carbonyl (C=O) groups is 1. The van der Waals surface area contributed by atoms with Crippen LogP contribution in [0.25, 0.3) is 0 Å². The van der Waals surface area contributed by atoms with Crippen molar-refractivity contribution >= 4 is 16.1 Å². The van der Waals surface area contributed by atoms with Gasteiger partial charge in [-0.15, -0.1) is 0 Å². The monoisotopic (exact) mass is 339 g/mol. The molecule has 1 aliphatic rings.